The lowest BCUT2D eigenvalue weighted by Crippen LogP contribution is -1.98. The lowest BCUT2D eigenvalue weighted by Gasteiger charge is -1.96. The van der Waals surface area contributed by atoms with Crippen LogP contribution >= 0.6 is 0 Å². The van der Waals surface area contributed by atoms with E-state index in [4.69, 9.17) is 10.2 Å². The number of hydrogen-bond acceptors (Lipinski definition) is 3. The molecule has 2 rings (SSSR count). The van der Waals surface area contributed by atoms with E-state index in [9.17, 15) is 4.79 Å². The van der Waals surface area contributed by atoms with Gasteiger partial charge in [-0.05, 0) is 26.0 Å². The first-order valence-electron chi connectivity index (χ1n) is 4.64. The molecule has 0 atom stereocenters. The summed E-state index contributed by atoms with van der Waals surface area (Å²) >= 11 is 0. The molecule has 15 heavy (non-hydrogen) atoms. The Bertz CT molecular complexity index is 495. The smallest absolute Gasteiger partial charge is 0.163 e. The van der Waals surface area contributed by atoms with Gasteiger partial charge in [0, 0.05) is 5.69 Å². The summed E-state index contributed by atoms with van der Waals surface area (Å²) in [6.45, 7) is 3.32. The fourth-order valence-electron chi connectivity index (χ4n) is 1.71. The fraction of sp³-hybridized carbons (Fsp3) is 0.182. The Balaban J connectivity index is 2.61. The SMILES string of the molecule is CC(=O)c1c(C)[nH]c(-c2ccco2)c1N. The van der Waals surface area contributed by atoms with Gasteiger partial charge in [-0.3, -0.25) is 4.79 Å². The highest BCUT2D eigenvalue weighted by Crippen LogP contribution is 2.30. The summed E-state index contributed by atoms with van der Waals surface area (Å²) in [6, 6.07) is 3.57. The van der Waals surface area contributed by atoms with Crippen molar-refractivity contribution >= 4 is 11.5 Å². The van der Waals surface area contributed by atoms with Crippen molar-refractivity contribution in [2.45, 2.75) is 13.8 Å². The van der Waals surface area contributed by atoms with Crippen LogP contribution in [0.2, 0.25) is 0 Å². The number of ketones is 1. The lowest BCUT2D eigenvalue weighted by molar-refractivity contribution is 0.101. The number of nitrogen functional groups attached to an aromatic ring is 1. The lowest BCUT2D eigenvalue weighted by atomic mass is 10.1. The van der Waals surface area contributed by atoms with Crippen LogP contribution in [-0.4, -0.2) is 10.8 Å². The minimum absolute atomic E-state index is 0.0425. The van der Waals surface area contributed by atoms with Gasteiger partial charge >= 0.3 is 0 Å². The number of aromatic amines is 1. The van der Waals surface area contributed by atoms with Gasteiger partial charge < -0.3 is 15.1 Å². The number of hydrogen-bond donors (Lipinski definition) is 2. The molecule has 0 bridgehead atoms. The number of aromatic nitrogens is 1. The van der Waals surface area contributed by atoms with E-state index in [1.807, 2.05) is 6.92 Å². The van der Waals surface area contributed by atoms with Gasteiger partial charge in [0.1, 0.15) is 5.69 Å². The molecule has 0 aliphatic rings. The zero-order valence-corrected chi connectivity index (χ0v) is 8.63. The van der Waals surface area contributed by atoms with Crippen molar-refractivity contribution in [3.05, 3.63) is 29.7 Å². The highest BCUT2D eigenvalue weighted by atomic mass is 16.3. The van der Waals surface area contributed by atoms with Crippen molar-refractivity contribution in [1.82, 2.24) is 4.98 Å². The van der Waals surface area contributed by atoms with Crippen molar-refractivity contribution in [3.8, 4) is 11.5 Å². The Labute approximate surface area is 87.1 Å². The molecule has 2 heterocycles. The molecule has 0 amide bonds. The summed E-state index contributed by atoms with van der Waals surface area (Å²) in [7, 11) is 0. The van der Waals surface area contributed by atoms with Crippen LogP contribution in [0.25, 0.3) is 11.5 Å². The summed E-state index contributed by atoms with van der Waals surface area (Å²) in [5, 5.41) is 0. The van der Waals surface area contributed by atoms with Crippen LogP contribution < -0.4 is 5.73 Å². The Hall–Kier alpha value is -1.97. The van der Waals surface area contributed by atoms with Crippen LogP contribution in [0.5, 0.6) is 0 Å². The zero-order valence-electron chi connectivity index (χ0n) is 8.63. The van der Waals surface area contributed by atoms with Crippen molar-refractivity contribution in [3.63, 3.8) is 0 Å². The van der Waals surface area contributed by atoms with Gasteiger partial charge in [-0.1, -0.05) is 0 Å². The van der Waals surface area contributed by atoms with Gasteiger partial charge in [-0.15, -0.1) is 0 Å². The summed E-state index contributed by atoms with van der Waals surface area (Å²) in [4.78, 5) is 14.4. The molecule has 0 aliphatic heterocycles. The highest BCUT2D eigenvalue weighted by molar-refractivity contribution is 6.03. The third kappa shape index (κ3) is 1.44. The van der Waals surface area contributed by atoms with Crippen molar-refractivity contribution in [2.75, 3.05) is 5.73 Å². The van der Waals surface area contributed by atoms with Gasteiger partial charge in [0.2, 0.25) is 0 Å². The maximum atomic E-state index is 11.3. The molecule has 2 aromatic rings. The second kappa shape index (κ2) is 3.31. The van der Waals surface area contributed by atoms with E-state index >= 15 is 0 Å². The standard InChI is InChI=1S/C11H12N2O2/c1-6-9(7(2)14)10(12)11(13-6)8-4-3-5-15-8/h3-5,13H,12H2,1-2H3. The Morgan fingerprint density at radius 1 is 1.53 bits per heavy atom. The number of Topliss-reactive ketones (excluding diaryl/α,β-unsaturated/α-hetero) is 1. The fourth-order valence-corrected chi connectivity index (χ4v) is 1.71. The molecular weight excluding hydrogens is 192 g/mol. The molecule has 2 aromatic heterocycles. The zero-order chi connectivity index (χ0) is 11.0. The number of H-pyrrole nitrogens is 1. The van der Waals surface area contributed by atoms with E-state index in [0.717, 1.165) is 5.69 Å². The molecule has 0 saturated heterocycles. The summed E-state index contributed by atoms with van der Waals surface area (Å²) in [5.41, 5.74) is 8.32. The molecule has 78 valence electrons. The second-order valence-corrected chi connectivity index (χ2v) is 3.45. The minimum atomic E-state index is -0.0425. The Morgan fingerprint density at radius 3 is 2.73 bits per heavy atom. The number of carbonyl (C=O) groups excluding carboxylic acids is 1. The highest BCUT2D eigenvalue weighted by Gasteiger charge is 2.18. The predicted octanol–water partition coefficient (Wildman–Crippen LogP) is 2.37. The Kier molecular flexibility index (Phi) is 2.11. The van der Waals surface area contributed by atoms with Crippen LogP contribution in [0.1, 0.15) is 23.0 Å². The van der Waals surface area contributed by atoms with Crippen molar-refractivity contribution in [1.29, 1.82) is 0 Å². The van der Waals surface area contributed by atoms with E-state index in [1.54, 1.807) is 18.4 Å². The number of nitrogens with one attached hydrogen (secondary N) is 1. The van der Waals surface area contributed by atoms with Crippen LogP contribution in [-0.2, 0) is 0 Å². The van der Waals surface area contributed by atoms with E-state index < -0.39 is 0 Å². The van der Waals surface area contributed by atoms with Gasteiger partial charge in [0.25, 0.3) is 0 Å². The molecule has 4 nitrogen and oxygen atoms in total. The van der Waals surface area contributed by atoms with Gasteiger partial charge in [-0.25, -0.2) is 0 Å². The third-order valence-electron chi connectivity index (χ3n) is 2.35. The van der Waals surface area contributed by atoms with Crippen molar-refractivity contribution < 1.29 is 9.21 Å². The molecule has 0 aliphatic carbocycles. The van der Waals surface area contributed by atoms with Crippen molar-refractivity contribution in [2.24, 2.45) is 0 Å². The van der Waals surface area contributed by atoms with E-state index in [1.165, 1.54) is 6.92 Å². The van der Waals surface area contributed by atoms with E-state index in [0.29, 0.717) is 22.7 Å². The topological polar surface area (TPSA) is 72.0 Å². The van der Waals surface area contributed by atoms with Crippen LogP contribution in [0, 0.1) is 6.92 Å². The van der Waals surface area contributed by atoms with Crippen LogP contribution in [0.4, 0.5) is 5.69 Å². The number of rotatable bonds is 2. The van der Waals surface area contributed by atoms with Crippen LogP contribution in [0.3, 0.4) is 0 Å². The van der Waals surface area contributed by atoms with Crippen LogP contribution in [0.15, 0.2) is 22.8 Å². The van der Waals surface area contributed by atoms with Gasteiger partial charge in [0.05, 0.1) is 17.5 Å². The van der Waals surface area contributed by atoms with E-state index in [2.05, 4.69) is 4.98 Å². The minimum Gasteiger partial charge on any atom is -0.463 e. The average Bonchev–Trinajstić information content (AvgIpc) is 2.72. The quantitative estimate of drug-likeness (QED) is 0.737. The number of nitrogens with two attached hydrogens (primary N) is 1. The maximum Gasteiger partial charge on any atom is 0.163 e. The van der Waals surface area contributed by atoms with Gasteiger partial charge in [0.15, 0.2) is 11.5 Å². The average molecular weight is 204 g/mol. The molecule has 0 aromatic carbocycles. The number of aryl methyl sites for hydroxylation is 1. The molecule has 4 heteroatoms. The molecule has 0 radical (unpaired) electrons. The summed E-state index contributed by atoms with van der Waals surface area (Å²) in [5.74, 6) is 0.599. The number of anilines is 1. The molecule has 3 N–H and O–H groups in total. The largest absolute Gasteiger partial charge is 0.463 e. The summed E-state index contributed by atoms with van der Waals surface area (Å²) < 4.78 is 5.23. The molecule has 0 fully saturated rings. The summed E-state index contributed by atoms with van der Waals surface area (Å²) in [6.07, 6.45) is 1.57. The maximum absolute atomic E-state index is 11.3. The third-order valence-corrected chi connectivity index (χ3v) is 2.35. The number of carbonyl (C=O) groups is 1. The number of furan rings is 1. The first kappa shape index (κ1) is 9.58. The van der Waals surface area contributed by atoms with Gasteiger partial charge in [-0.2, -0.15) is 0 Å². The first-order valence-corrected chi connectivity index (χ1v) is 4.64. The predicted molar refractivity (Wildman–Crippen MR) is 57.6 cm³/mol. The Morgan fingerprint density at radius 2 is 2.27 bits per heavy atom. The molecule has 0 unspecified atom stereocenters. The van der Waals surface area contributed by atoms with E-state index in [-0.39, 0.29) is 5.78 Å². The second-order valence-electron chi connectivity index (χ2n) is 3.45. The molecule has 0 saturated carbocycles. The first-order chi connectivity index (χ1) is 7.11. The molecular formula is C11H12N2O2. The normalized spacial score (nSPS) is 10.5. The monoisotopic (exact) mass is 204 g/mol. The molecule has 0 spiro atoms.